The number of ether oxygens (including phenoxy) is 2. The van der Waals surface area contributed by atoms with Crippen LogP contribution >= 0.6 is 22.9 Å². The molecular formula is C24H17ClN2O4S. The fourth-order valence-electron chi connectivity index (χ4n) is 3.02. The predicted molar refractivity (Wildman–Crippen MR) is 126 cm³/mol. The molecule has 4 rings (SSSR count). The van der Waals surface area contributed by atoms with E-state index in [2.05, 4.69) is 10.5 Å². The lowest BCUT2D eigenvalue weighted by atomic mass is 10.2. The van der Waals surface area contributed by atoms with Crippen LogP contribution in [0, 0.1) is 0 Å². The summed E-state index contributed by atoms with van der Waals surface area (Å²) < 4.78 is 11.7. The van der Waals surface area contributed by atoms with Crippen molar-refractivity contribution < 1.29 is 19.1 Å². The molecule has 0 fully saturated rings. The highest BCUT2D eigenvalue weighted by molar-refractivity contribution is 7.21. The molecule has 1 amide bonds. The maximum atomic E-state index is 12.8. The van der Waals surface area contributed by atoms with Gasteiger partial charge in [0.05, 0.1) is 23.9 Å². The predicted octanol–water partition coefficient (Wildman–Crippen LogP) is 5.55. The van der Waals surface area contributed by atoms with Gasteiger partial charge in [0.1, 0.15) is 16.4 Å². The number of hydrogen-bond donors (Lipinski definition) is 1. The van der Waals surface area contributed by atoms with Gasteiger partial charge in [0.2, 0.25) is 0 Å². The van der Waals surface area contributed by atoms with Crippen LogP contribution in [0.2, 0.25) is 5.02 Å². The summed E-state index contributed by atoms with van der Waals surface area (Å²) >= 11 is 7.66. The largest absolute Gasteiger partial charge is 0.496 e. The van der Waals surface area contributed by atoms with Crippen LogP contribution in [0.5, 0.6) is 11.5 Å². The van der Waals surface area contributed by atoms with Crippen molar-refractivity contribution in [1.29, 1.82) is 0 Å². The lowest BCUT2D eigenvalue weighted by Gasteiger charge is -2.07. The average Bonchev–Trinajstić information content (AvgIpc) is 3.17. The Balaban J connectivity index is 1.51. The molecule has 4 aromatic rings. The minimum atomic E-state index is -0.560. The second-order valence-corrected chi connectivity index (χ2v) is 8.00. The average molecular weight is 465 g/mol. The van der Waals surface area contributed by atoms with Gasteiger partial charge in [-0.25, -0.2) is 10.2 Å². The van der Waals surface area contributed by atoms with Crippen LogP contribution < -0.4 is 14.9 Å². The number of hydrazone groups is 1. The highest BCUT2D eigenvalue weighted by Gasteiger charge is 2.19. The van der Waals surface area contributed by atoms with E-state index in [1.165, 1.54) is 24.7 Å². The van der Waals surface area contributed by atoms with E-state index in [4.69, 9.17) is 21.1 Å². The van der Waals surface area contributed by atoms with Gasteiger partial charge in [-0.2, -0.15) is 5.10 Å². The summed E-state index contributed by atoms with van der Waals surface area (Å²) in [5.74, 6) is -0.253. The Morgan fingerprint density at radius 3 is 2.44 bits per heavy atom. The molecule has 1 heterocycles. The molecule has 0 bridgehead atoms. The Morgan fingerprint density at radius 1 is 0.969 bits per heavy atom. The van der Waals surface area contributed by atoms with Gasteiger partial charge in [-0.1, -0.05) is 54.1 Å². The molecular weight excluding hydrogens is 448 g/mol. The van der Waals surface area contributed by atoms with Gasteiger partial charge in [0.25, 0.3) is 5.91 Å². The Kier molecular flexibility index (Phi) is 6.49. The number of halogens is 1. The summed E-state index contributed by atoms with van der Waals surface area (Å²) in [5.41, 5.74) is 3.32. The van der Waals surface area contributed by atoms with Crippen LogP contribution in [0.25, 0.3) is 10.1 Å². The van der Waals surface area contributed by atoms with E-state index in [-0.39, 0.29) is 0 Å². The molecule has 1 aromatic heterocycles. The number of fused-ring (bicyclic) bond motifs is 1. The van der Waals surface area contributed by atoms with E-state index >= 15 is 0 Å². The number of hydrogen-bond acceptors (Lipinski definition) is 6. The quantitative estimate of drug-likeness (QED) is 0.176. The van der Waals surface area contributed by atoms with Crippen molar-refractivity contribution in [2.24, 2.45) is 5.10 Å². The van der Waals surface area contributed by atoms with Crippen molar-refractivity contribution in [2.45, 2.75) is 0 Å². The summed E-state index contributed by atoms with van der Waals surface area (Å²) in [7, 11) is 1.49. The first-order valence-electron chi connectivity index (χ1n) is 9.53. The minimum absolute atomic E-state index is 0.293. The van der Waals surface area contributed by atoms with Gasteiger partial charge in [-0.3, -0.25) is 4.79 Å². The van der Waals surface area contributed by atoms with Gasteiger partial charge in [-0.05, 0) is 30.3 Å². The van der Waals surface area contributed by atoms with Crippen LogP contribution in [-0.4, -0.2) is 25.2 Å². The van der Waals surface area contributed by atoms with Crippen LogP contribution in [0.3, 0.4) is 0 Å². The fraction of sp³-hybridized carbons (Fsp3) is 0.0417. The Hall–Kier alpha value is -3.68. The maximum Gasteiger partial charge on any atom is 0.355 e. The number of nitrogens with zero attached hydrogens (tertiary/aromatic N) is 1. The van der Waals surface area contributed by atoms with E-state index in [0.717, 1.165) is 10.1 Å². The number of para-hydroxylation sites is 2. The Labute approximate surface area is 193 Å². The smallest absolute Gasteiger partial charge is 0.355 e. The first-order valence-corrected chi connectivity index (χ1v) is 10.7. The third-order valence-corrected chi connectivity index (χ3v) is 6.22. The summed E-state index contributed by atoms with van der Waals surface area (Å²) in [4.78, 5) is 25.5. The Morgan fingerprint density at radius 2 is 1.66 bits per heavy atom. The molecule has 8 heteroatoms. The van der Waals surface area contributed by atoms with E-state index in [1.807, 2.05) is 24.3 Å². The van der Waals surface area contributed by atoms with Crippen molar-refractivity contribution >= 4 is 51.1 Å². The maximum absolute atomic E-state index is 12.8. The lowest BCUT2D eigenvalue weighted by Crippen LogP contribution is -2.18. The lowest BCUT2D eigenvalue weighted by molar-refractivity contribution is 0.0739. The van der Waals surface area contributed by atoms with E-state index in [1.54, 1.807) is 48.5 Å². The molecule has 0 saturated carbocycles. The minimum Gasteiger partial charge on any atom is -0.496 e. The number of esters is 1. The summed E-state index contributed by atoms with van der Waals surface area (Å²) in [6.07, 6.45) is 1.41. The zero-order valence-electron chi connectivity index (χ0n) is 16.9. The van der Waals surface area contributed by atoms with Gasteiger partial charge < -0.3 is 9.47 Å². The van der Waals surface area contributed by atoms with Gasteiger partial charge in [0.15, 0.2) is 0 Å². The number of methoxy groups -OCH3 is 1. The summed E-state index contributed by atoms with van der Waals surface area (Å²) in [5, 5.41) is 5.16. The zero-order valence-corrected chi connectivity index (χ0v) is 18.4. The van der Waals surface area contributed by atoms with Crippen LogP contribution in [0.4, 0.5) is 0 Å². The van der Waals surface area contributed by atoms with Crippen molar-refractivity contribution in [3.8, 4) is 11.5 Å². The molecule has 0 aliphatic rings. The molecule has 32 heavy (non-hydrogen) atoms. The van der Waals surface area contributed by atoms with Crippen molar-refractivity contribution in [2.75, 3.05) is 7.11 Å². The number of nitrogens with one attached hydrogen (secondary N) is 1. The molecule has 0 aliphatic heterocycles. The van der Waals surface area contributed by atoms with E-state index in [9.17, 15) is 9.59 Å². The Bertz CT molecular complexity index is 1330. The monoisotopic (exact) mass is 464 g/mol. The number of amides is 1. The summed E-state index contributed by atoms with van der Waals surface area (Å²) in [6.45, 7) is 0. The molecule has 160 valence electrons. The molecule has 3 aromatic carbocycles. The molecule has 0 spiro atoms. The van der Waals surface area contributed by atoms with Crippen molar-refractivity contribution in [3.63, 3.8) is 0 Å². The number of carbonyl (C=O) groups is 2. The molecule has 6 nitrogen and oxygen atoms in total. The molecule has 0 saturated heterocycles. The number of thiophene rings is 1. The van der Waals surface area contributed by atoms with E-state index < -0.39 is 11.9 Å². The standard InChI is InChI=1S/C24H17ClN2O4S/c1-30-19-12-6-3-9-16(19)23(28)27-26-14-15-8-2-5-11-18(15)31-24(29)22-21(25)17-10-4-7-13-20(17)32-22/h2-14H,1H3,(H,27,28)/b26-14-. The SMILES string of the molecule is COc1ccccc1C(=O)N/N=C\c1ccccc1OC(=O)c1sc2ccccc2c1Cl. The van der Waals surface area contributed by atoms with Crippen LogP contribution in [0.1, 0.15) is 25.6 Å². The molecule has 0 aliphatic carbocycles. The third kappa shape index (κ3) is 4.49. The van der Waals surface area contributed by atoms with Gasteiger partial charge in [0, 0.05) is 15.6 Å². The van der Waals surface area contributed by atoms with Crippen molar-refractivity contribution in [1.82, 2.24) is 5.43 Å². The fourth-order valence-corrected chi connectivity index (χ4v) is 4.41. The first-order chi connectivity index (χ1) is 15.6. The molecule has 1 N–H and O–H groups in total. The number of carbonyl (C=O) groups excluding carboxylic acids is 2. The topological polar surface area (TPSA) is 77.0 Å². The normalized spacial score (nSPS) is 10.9. The second kappa shape index (κ2) is 9.64. The highest BCUT2D eigenvalue weighted by atomic mass is 35.5. The molecule has 0 radical (unpaired) electrons. The number of benzene rings is 3. The highest BCUT2D eigenvalue weighted by Crippen LogP contribution is 2.36. The van der Waals surface area contributed by atoms with Crippen molar-refractivity contribution in [3.05, 3.63) is 93.8 Å². The summed E-state index contributed by atoms with van der Waals surface area (Å²) in [6, 6.07) is 21.2. The molecule has 0 atom stereocenters. The molecule has 0 unspecified atom stereocenters. The second-order valence-electron chi connectivity index (χ2n) is 6.57. The third-order valence-electron chi connectivity index (χ3n) is 4.56. The van der Waals surface area contributed by atoms with Crippen LogP contribution in [-0.2, 0) is 0 Å². The van der Waals surface area contributed by atoms with Gasteiger partial charge in [-0.15, -0.1) is 11.3 Å². The van der Waals surface area contributed by atoms with E-state index in [0.29, 0.717) is 32.5 Å². The first kappa shape index (κ1) is 21.5. The van der Waals surface area contributed by atoms with Gasteiger partial charge >= 0.3 is 5.97 Å². The number of rotatable bonds is 6. The van der Waals surface area contributed by atoms with Crippen LogP contribution in [0.15, 0.2) is 77.9 Å². The zero-order chi connectivity index (χ0) is 22.5.